The highest BCUT2D eigenvalue weighted by Gasteiger charge is 2.05. The summed E-state index contributed by atoms with van der Waals surface area (Å²) >= 11 is 0. The summed E-state index contributed by atoms with van der Waals surface area (Å²) in [7, 11) is 0. The molecule has 0 aliphatic rings. The lowest BCUT2D eigenvalue weighted by molar-refractivity contribution is -0.121. The van der Waals surface area contributed by atoms with Crippen LogP contribution in [0.1, 0.15) is 69.9 Å². The van der Waals surface area contributed by atoms with Crippen LogP contribution < -0.4 is 20.3 Å². The SMILES string of the molecule is CCOc1cc(/C=N/NC(=O)CCCCCCCC(=O)N/N=C/c2ccc(O)c(OCC)c2)ccc1O. The van der Waals surface area contributed by atoms with Crippen molar-refractivity contribution in [3.63, 3.8) is 0 Å². The Morgan fingerprint density at radius 1 is 0.730 bits per heavy atom. The monoisotopic (exact) mass is 512 g/mol. The van der Waals surface area contributed by atoms with Crippen LogP contribution in [0.15, 0.2) is 46.6 Å². The molecule has 2 aromatic rings. The van der Waals surface area contributed by atoms with E-state index >= 15 is 0 Å². The molecule has 0 heterocycles. The molecule has 4 N–H and O–H groups in total. The van der Waals surface area contributed by atoms with Gasteiger partial charge >= 0.3 is 0 Å². The van der Waals surface area contributed by atoms with Crippen LogP contribution in [0.2, 0.25) is 0 Å². The first-order valence-electron chi connectivity index (χ1n) is 12.5. The highest BCUT2D eigenvalue weighted by molar-refractivity contribution is 5.84. The van der Waals surface area contributed by atoms with E-state index in [-0.39, 0.29) is 23.3 Å². The first-order chi connectivity index (χ1) is 17.9. The molecule has 2 amide bonds. The average Bonchev–Trinajstić information content (AvgIpc) is 2.87. The number of amides is 2. The molecule has 0 spiro atoms. The van der Waals surface area contributed by atoms with Gasteiger partial charge in [-0.05, 0) is 74.2 Å². The van der Waals surface area contributed by atoms with E-state index in [0.29, 0.717) is 48.7 Å². The lowest BCUT2D eigenvalue weighted by Crippen LogP contribution is -2.17. The second-order valence-corrected chi connectivity index (χ2v) is 8.17. The molecule has 0 saturated carbocycles. The van der Waals surface area contributed by atoms with Crippen molar-refractivity contribution in [1.29, 1.82) is 0 Å². The van der Waals surface area contributed by atoms with Crippen molar-refractivity contribution < 1.29 is 29.3 Å². The topological polar surface area (TPSA) is 142 Å². The molecule has 0 aliphatic heterocycles. The summed E-state index contributed by atoms with van der Waals surface area (Å²) in [6.45, 7) is 4.53. The van der Waals surface area contributed by atoms with Gasteiger partial charge in [0.2, 0.25) is 11.8 Å². The molecule has 2 rings (SSSR count). The van der Waals surface area contributed by atoms with Gasteiger partial charge in [0, 0.05) is 12.8 Å². The van der Waals surface area contributed by atoms with Gasteiger partial charge in [0.1, 0.15) is 0 Å². The normalized spacial score (nSPS) is 11.1. The van der Waals surface area contributed by atoms with E-state index < -0.39 is 0 Å². The molecule has 0 aliphatic carbocycles. The van der Waals surface area contributed by atoms with Gasteiger partial charge in [-0.1, -0.05) is 19.3 Å². The summed E-state index contributed by atoms with van der Waals surface area (Å²) < 4.78 is 10.6. The van der Waals surface area contributed by atoms with E-state index in [9.17, 15) is 19.8 Å². The molecule has 37 heavy (non-hydrogen) atoms. The largest absolute Gasteiger partial charge is 0.504 e. The molecular formula is C27H36N4O6. The number of hydrogen-bond acceptors (Lipinski definition) is 8. The number of hydrazone groups is 2. The van der Waals surface area contributed by atoms with Crippen LogP contribution in [-0.4, -0.2) is 47.7 Å². The summed E-state index contributed by atoms with van der Waals surface area (Å²) in [5, 5.41) is 27.3. The Hall–Kier alpha value is -4.08. The zero-order valence-electron chi connectivity index (χ0n) is 21.4. The number of phenolic OH excluding ortho intramolecular Hbond substituents is 2. The first-order valence-corrected chi connectivity index (χ1v) is 12.5. The van der Waals surface area contributed by atoms with Crippen molar-refractivity contribution in [2.45, 2.75) is 58.8 Å². The molecule has 0 radical (unpaired) electrons. The molecule has 2 aromatic carbocycles. The third kappa shape index (κ3) is 11.5. The van der Waals surface area contributed by atoms with Crippen molar-refractivity contribution in [3.8, 4) is 23.0 Å². The second-order valence-electron chi connectivity index (χ2n) is 8.17. The van der Waals surface area contributed by atoms with Crippen molar-refractivity contribution in [2.24, 2.45) is 10.2 Å². The minimum atomic E-state index is -0.167. The van der Waals surface area contributed by atoms with Gasteiger partial charge in [-0.25, -0.2) is 10.9 Å². The van der Waals surface area contributed by atoms with Crippen molar-refractivity contribution in [1.82, 2.24) is 10.9 Å². The van der Waals surface area contributed by atoms with Crippen LogP contribution in [0.4, 0.5) is 0 Å². The number of aromatic hydroxyl groups is 2. The Kier molecular flexibility index (Phi) is 13.1. The van der Waals surface area contributed by atoms with E-state index in [1.807, 2.05) is 13.8 Å². The van der Waals surface area contributed by atoms with E-state index in [0.717, 1.165) is 32.1 Å². The number of unbranched alkanes of at least 4 members (excludes halogenated alkanes) is 4. The molecule has 0 aromatic heterocycles. The molecule has 0 fully saturated rings. The predicted octanol–water partition coefficient (Wildman–Crippen LogP) is 4.23. The maximum atomic E-state index is 11.9. The summed E-state index contributed by atoms with van der Waals surface area (Å²) in [5.74, 6) is 0.514. The Morgan fingerprint density at radius 3 is 1.54 bits per heavy atom. The first kappa shape index (κ1) is 29.2. The Balaban J connectivity index is 1.54. The fraction of sp³-hybridized carbons (Fsp3) is 0.407. The van der Waals surface area contributed by atoms with Crippen LogP contribution in [0.3, 0.4) is 0 Å². The van der Waals surface area contributed by atoms with Crippen LogP contribution >= 0.6 is 0 Å². The minimum absolute atomic E-state index is 0.0551. The highest BCUT2D eigenvalue weighted by Crippen LogP contribution is 2.27. The molecule has 10 heteroatoms. The number of nitrogens with zero attached hydrogens (tertiary/aromatic N) is 2. The van der Waals surface area contributed by atoms with E-state index in [2.05, 4.69) is 21.1 Å². The molecule has 200 valence electrons. The number of phenols is 2. The average molecular weight is 513 g/mol. The van der Waals surface area contributed by atoms with Crippen LogP contribution in [0, 0.1) is 0 Å². The lowest BCUT2D eigenvalue weighted by Gasteiger charge is -2.06. The minimum Gasteiger partial charge on any atom is -0.504 e. The van der Waals surface area contributed by atoms with Crippen LogP contribution in [0.5, 0.6) is 23.0 Å². The van der Waals surface area contributed by atoms with Crippen LogP contribution in [-0.2, 0) is 9.59 Å². The number of hydrogen-bond donors (Lipinski definition) is 4. The lowest BCUT2D eigenvalue weighted by atomic mass is 10.1. The number of carbonyl (C=O) groups is 2. The van der Waals surface area contributed by atoms with Gasteiger partial charge in [0.05, 0.1) is 25.6 Å². The van der Waals surface area contributed by atoms with Crippen molar-refractivity contribution in [3.05, 3.63) is 47.5 Å². The van der Waals surface area contributed by atoms with Gasteiger partial charge < -0.3 is 19.7 Å². The highest BCUT2D eigenvalue weighted by atomic mass is 16.5. The van der Waals surface area contributed by atoms with Crippen molar-refractivity contribution in [2.75, 3.05) is 13.2 Å². The zero-order chi connectivity index (χ0) is 26.9. The predicted molar refractivity (Wildman–Crippen MR) is 142 cm³/mol. The Labute approximate surface area is 217 Å². The second kappa shape index (κ2) is 16.6. The smallest absolute Gasteiger partial charge is 0.240 e. The number of benzene rings is 2. The van der Waals surface area contributed by atoms with Crippen molar-refractivity contribution >= 4 is 24.2 Å². The molecule has 0 saturated heterocycles. The van der Waals surface area contributed by atoms with E-state index in [4.69, 9.17) is 9.47 Å². The standard InChI is InChI=1S/C27H36N4O6/c1-3-36-24-16-20(12-14-22(24)32)18-28-30-26(34)10-8-6-5-7-9-11-27(35)31-29-19-21-13-15-23(33)25(17-21)37-4-2/h12-19,32-33H,3-11H2,1-2H3,(H,30,34)(H,31,35)/b28-18+,29-19+. The van der Waals surface area contributed by atoms with E-state index in [1.165, 1.54) is 24.6 Å². The van der Waals surface area contributed by atoms with Gasteiger partial charge in [-0.2, -0.15) is 10.2 Å². The maximum Gasteiger partial charge on any atom is 0.240 e. The van der Waals surface area contributed by atoms with Gasteiger partial charge in [0.25, 0.3) is 0 Å². The fourth-order valence-corrected chi connectivity index (χ4v) is 3.34. The Bertz CT molecular complexity index is 987. The maximum absolute atomic E-state index is 11.9. The third-order valence-corrected chi connectivity index (χ3v) is 5.18. The number of nitrogens with one attached hydrogen (secondary N) is 2. The third-order valence-electron chi connectivity index (χ3n) is 5.18. The zero-order valence-corrected chi connectivity index (χ0v) is 21.4. The Morgan fingerprint density at radius 2 is 1.14 bits per heavy atom. The summed E-state index contributed by atoms with van der Waals surface area (Å²) in [4.78, 5) is 23.9. The van der Waals surface area contributed by atoms with E-state index in [1.54, 1.807) is 24.3 Å². The van der Waals surface area contributed by atoms with Gasteiger partial charge in [-0.3, -0.25) is 9.59 Å². The molecule has 0 atom stereocenters. The quantitative estimate of drug-likeness (QED) is 0.151. The molecule has 10 nitrogen and oxygen atoms in total. The number of carbonyl (C=O) groups excluding carboxylic acids is 2. The van der Waals surface area contributed by atoms with Gasteiger partial charge in [-0.15, -0.1) is 0 Å². The van der Waals surface area contributed by atoms with Gasteiger partial charge in [0.15, 0.2) is 23.0 Å². The molecular weight excluding hydrogens is 476 g/mol. The summed E-state index contributed by atoms with van der Waals surface area (Å²) in [5.41, 5.74) is 6.40. The summed E-state index contributed by atoms with van der Waals surface area (Å²) in [6, 6.07) is 9.68. The molecule has 0 unspecified atom stereocenters. The number of rotatable bonds is 16. The fourth-order valence-electron chi connectivity index (χ4n) is 3.34. The molecule has 0 bridgehead atoms. The van der Waals surface area contributed by atoms with Crippen LogP contribution in [0.25, 0.3) is 0 Å². The summed E-state index contributed by atoms with van der Waals surface area (Å²) in [6.07, 6.45) is 7.90. The number of ether oxygens (including phenoxy) is 2.